The number of halogens is 1. The average molecular weight is 399 g/mol. The van der Waals surface area contributed by atoms with Gasteiger partial charge in [-0.3, -0.25) is 0 Å². The van der Waals surface area contributed by atoms with Gasteiger partial charge in [0.25, 0.3) is 0 Å². The molecule has 0 saturated carbocycles. The van der Waals surface area contributed by atoms with Gasteiger partial charge in [-0.15, -0.1) is 0 Å². The fraction of sp³-hybridized carbons (Fsp3) is 0.231. The van der Waals surface area contributed by atoms with E-state index in [9.17, 15) is 4.39 Å². The van der Waals surface area contributed by atoms with Crippen molar-refractivity contribution in [1.82, 2.24) is 4.98 Å². The molecule has 3 heterocycles. The molecule has 0 fully saturated rings. The normalized spacial score (nSPS) is 12.0. The summed E-state index contributed by atoms with van der Waals surface area (Å²) in [6.07, 6.45) is 2.09. The fourth-order valence-corrected chi connectivity index (χ4v) is 4.34. The molecule has 0 spiro atoms. The lowest BCUT2D eigenvalue weighted by Gasteiger charge is -2.12. The van der Waals surface area contributed by atoms with E-state index >= 15 is 0 Å². The lowest BCUT2D eigenvalue weighted by Crippen LogP contribution is -2.31. The minimum Gasteiger partial charge on any atom is -0.437 e. The van der Waals surface area contributed by atoms with Crippen LogP contribution >= 0.6 is 0 Å². The van der Waals surface area contributed by atoms with E-state index in [1.54, 1.807) is 6.07 Å². The molecule has 5 aromatic rings. The van der Waals surface area contributed by atoms with Crippen LogP contribution < -0.4 is 4.57 Å². The number of furan rings is 1. The van der Waals surface area contributed by atoms with Crippen molar-refractivity contribution < 1.29 is 13.4 Å². The maximum atomic E-state index is 13.7. The molecular weight excluding hydrogens is 375 g/mol. The monoisotopic (exact) mass is 399 g/mol. The lowest BCUT2D eigenvalue weighted by atomic mass is 9.92. The maximum Gasteiger partial charge on any atom is 0.229 e. The second kappa shape index (κ2) is 6.63. The Bertz CT molecular complexity index is 1460. The van der Waals surface area contributed by atoms with Crippen molar-refractivity contribution >= 4 is 32.8 Å². The zero-order chi connectivity index (χ0) is 21.2. The molecular formula is C26H24FN2O+. The van der Waals surface area contributed by atoms with E-state index in [4.69, 9.17) is 4.42 Å². The molecule has 0 N–H and O–H groups in total. The Hall–Kier alpha value is -3.27. The highest BCUT2D eigenvalue weighted by Crippen LogP contribution is 2.40. The van der Waals surface area contributed by atoms with Crippen molar-refractivity contribution in [3.05, 3.63) is 71.3 Å². The van der Waals surface area contributed by atoms with Crippen LogP contribution in [0.4, 0.5) is 4.39 Å². The van der Waals surface area contributed by atoms with Crippen molar-refractivity contribution in [2.45, 2.75) is 33.6 Å². The summed E-state index contributed by atoms with van der Waals surface area (Å²) in [5.74, 6) is -0.0657. The van der Waals surface area contributed by atoms with Gasteiger partial charge in [-0.25, -0.2) is 4.57 Å². The molecule has 2 aromatic carbocycles. The standard InChI is InChI=1S/C26H24FN2O/c1-14(2)17-6-7-19-18(13-17)10-11-29(5)24(19)23-16(4)15(3)12-21-20-8-9-22(27)28-26(20)30-25(21)23/h6-14H,1-5H3/q+1. The molecule has 3 nitrogen and oxygen atoms in total. The number of fused-ring (bicyclic) bond motifs is 4. The Labute approximate surface area is 174 Å². The molecule has 0 aliphatic carbocycles. The highest BCUT2D eigenvalue weighted by molar-refractivity contribution is 6.11. The summed E-state index contributed by atoms with van der Waals surface area (Å²) in [7, 11) is 2.05. The van der Waals surface area contributed by atoms with Crippen LogP contribution in [0.25, 0.3) is 44.1 Å². The summed E-state index contributed by atoms with van der Waals surface area (Å²) < 4.78 is 22.0. The predicted molar refractivity (Wildman–Crippen MR) is 119 cm³/mol. The van der Waals surface area contributed by atoms with Gasteiger partial charge in [0.15, 0.2) is 11.8 Å². The number of aromatic nitrogens is 2. The van der Waals surface area contributed by atoms with E-state index < -0.39 is 5.95 Å². The molecule has 5 rings (SSSR count). The number of nitrogens with zero attached hydrogens (tertiary/aromatic N) is 2. The zero-order valence-corrected chi connectivity index (χ0v) is 17.9. The first kappa shape index (κ1) is 18.7. The molecule has 0 bridgehead atoms. The van der Waals surface area contributed by atoms with Gasteiger partial charge in [-0.05, 0) is 66.1 Å². The number of pyridine rings is 2. The van der Waals surface area contributed by atoms with Gasteiger partial charge in [-0.2, -0.15) is 9.37 Å². The molecule has 0 radical (unpaired) electrons. The Balaban J connectivity index is 1.93. The van der Waals surface area contributed by atoms with Gasteiger partial charge in [0.1, 0.15) is 7.05 Å². The van der Waals surface area contributed by atoms with Crippen LogP contribution in [0.2, 0.25) is 0 Å². The summed E-state index contributed by atoms with van der Waals surface area (Å²) in [6, 6.07) is 14.1. The summed E-state index contributed by atoms with van der Waals surface area (Å²) in [4.78, 5) is 3.98. The first-order chi connectivity index (χ1) is 14.3. The lowest BCUT2D eigenvalue weighted by molar-refractivity contribution is -0.659. The molecule has 0 atom stereocenters. The molecule has 3 aromatic heterocycles. The summed E-state index contributed by atoms with van der Waals surface area (Å²) in [6.45, 7) is 8.64. The van der Waals surface area contributed by atoms with Crippen LogP contribution in [-0.4, -0.2) is 4.98 Å². The van der Waals surface area contributed by atoms with Crippen LogP contribution in [0.1, 0.15) is 36.5 Å². The quantitative estimate of drug-likeness (QED) is 0.250. The molecule has 0 unspecified atom stereocenters. The van der Waals surface area contributed by atoms with Crippen LogP contribution in [0.15, 0.2) is 53.1 Å². The second-order valence-electron chi connectivity index (χ2n) is 8.44. The number of aryl methyl sites for hydroxylation is 2. The fourth-order valence-electron chi connectivity index (χ4n) is 4.34. The number of benzene rings is 2. The van der Waals surface area contributed by atoms with Crippen molar-refractivity contribution in [1.29, 1.82) is 0 Å². The molecule has 4 heteroatoms. The largest absolute Gasteiger partial charge is 0.437 e. The van der Waals surface area contributed by atoms with Crippen molar-refractivity contribution in [2.24, 2.45) is 7.05 Å². The number of rotatable bonds is 2. The Kier molecular flexibility index (Phi) is 4.14. The van der Waals surface area contributed by atoms with Gasteiger partial charge in [0.05, 0.1) is 10.9 Å². The molecule has 0 saturated heterocycles. The van der Waals surface area contributed by atoms with Gasteiger partial charge in [0, 0.05) is 16.8 Å². The van der Waals surface area contributed by atoms with E-state index in [2.05, 4.69) is 80.8 Å². The van der Waals surface area contributed by atoms with E-state index in [0.717, 1.165) is 33.2 Å². The third kappa shape index (κ3) is 2.71. The van der Waals surface area contributed by atoms with E-state index in [1.165, 1.54) is 28.0 Å². The Morgan fingerprint density at radius 2 is 1.73 bits per heavy atom. The SMILES string of the molecule is Cc1cc2c(oc3nc(F)ccc32)c(-c2c3ccc(C(C)C)cc3cc[n+]2C)c1C. The molecule has 0 amide bonds. The predicted octanol–water partition coefficient (Wildman–Crippen LogP) is 6.51. The topological polar surface area (TPSA) is 29.9 Å². The first-order valence-electron chi connectivity index (χ1n) is 10.3. The summed E-state index contributed by atoms with van der Waals surface area (Å²) in [5, 5.41) is 4.16. The molecule has 0 aliphatic heterocycles. The van der Waals surface area contributed by atoms with Crippen LogP contribution in [0.5, 0.6) is 0 Å². The van der Waals surface area contributed by atoms with Crippen LogP contribution in [0.3, 0.4) is 0 Å². The smallest absolute Gasteiger partial charge is 0.229 e. The summed E-state index contributed by atoms with van der Waals surface area (Å²) in [5.41, 5.74) is 6.85. The van der Waals surface area contributed by atoms with Crippen LogP contribution in [-0.2, 0) is 7.05 Å². The minimum atomic E-state index is -0.534. The van der Waals surface area contributed by atoms with Crippen molar-refractivity contribution in [3.63, 3.8) is 0 Å². The van der Waals surface area contributed by atoms with Crippen molar-refractivity contribution in [3.8, 4) is 11.3 Å². The van der Waals surface area contributed by atoms with Crippen molar-refractivity contribution in [2.75, 3.05) is 0 Å². The van der Waals surface area contributed by atoms with Gasteiger partial charge >= 0.3 is 0 Å². The second-order valence-corrected chi connectivity index (χ2v) is 8.44. The van der Waals surface area contributed by atoms with E-state index in [1.807, 2.05) is 0 Å². The third-order valence-electron chi connectivity index (χ3n) is 6.18. The molecule has 30 heavy (non-hydrogen) atoms. The average Bonchev–Trinajstić information content (AvgIpc) is 3.06. The third-order valence-corrected chi connectivity index (χ3v) is 6.18. The van der Waals surface area contributed by atoms with Gasteiger partial charge in [0.2, 0.25) is 17.4 Å². The minimum absolute atomic E-state index is 0.334. The molecule has 150 valence electrons. The van der Waals surface area contributed by atoms with E-state index in [-0.39, 0.29) is 0 Å². The number of hydrogen-bond donors (Lipinski definition) is 0. The Morgan fingerprint density at radius 1 is 0.967 bits per heavy atom. The summed E-state index contributed by atoms with van der Waals surface area (Å²) >= 11 is 0. The number of hydrogen-bond acceptors (Lipinski definition) is 2. The zero-order valence-electron chi connectivity index (χ0n) is 17.9. The van der Waals surface area contributed by atoms with Gasteiger partial charge in [-0.1, -0.05) is 26.0 Å². The van der Waals surface area contributed by atoms with Gasteiger partial charge < -0.3 is 4.42 Å². The Morgan fingerprint density at radius 3 is 2.50 bits per heavy atom. The first-order valence-corrected chi connectivity index (χ1v) is 10.3. The highest BCUT2D eigenvalue weighted by atomic mass is 19.1. The maximum absolute atomic E-state index is 13.7. The highest BCUT2D eigenvalue weighted by Gasteiger charge is 2.25. The van der Waals surface area contributed by atoms with Crippen LogP contribution in [0, 0.1) is 19.8 Å². The van der Waals surface area contributed by atoms with E-state index in [0.29, 0.717) is 11.6 Å². The molecule has 0 aliphatic rings.